The van der Waals surface area contributed by atoms with Crippen LogP contribution in [0, 0.1) is 19.8 Å². The minimum Gasteiger partial charge on any atom is -0.481 e. The molecule has 0 aromatic heterocycles. The molecule has 1 N–H and O–H groups in total. The number of rotatable bonds is 11. The Balaban J connectivity index is 1.33. The van der Waals surface area contributed by atoms with Gasteiger partial charge in [0.15, 0.2) is 0 Å². The first-order chi connectivity index (χ1) is 17.3. The van der Waals surface area contributed by atoms with Gasteiger partial charge in [0, 0.05) is 35.3 Å². The van der Waals surface area contributed by atoms with E-state index in [1.165, 1.54) is 22.3 Å². The van der Waals surface area contributed by atoms with E-state index in [4.69, 9.17) is 16.7 Å². The average Bonchev–Trinajstić information content (AvgIpc) is 2.82. The first-order valence-corrected chi connectivity index (χ1v) is 14.2. The van der Waals surface area contributed by atoms with Crippen LogP contribution in [0.1, 0.15) is 46.6 Å². The summed E-state index contributed by atoms with van der Waals surface area (Å²) in [5, 5.41) is 9.77. The number of benzene rings is 3. The van der Waals surface area contributed by atoms with Gasteiger partial charge in [-0.3, -0.25) is 13.9 Å². The van der Waals surface area contributed by atoms with Crippen molar-refractivity contribution in [3.63, 3.8) is 0 Å². The van der Waals surface area contributed by atoms with Crippen molar-refractivity contribution in [2.45, 2.75) is 50.5 Å². The molecule has 2 atom stereocenters. The van der Waals surface area contributed by atoms with E-state index in [2.05, 4.69) is 49.1 Å². The summed E-state index contributed by atoms with van der Waals surface area (Å²) >= 11 is 6.30. The molecular weight excluding hydrogens is 490 g/mol. The molecule has 0 saturated carbocycles. The Morgan fingerprint density at radius 2 is 1.75 bits per heavy atom. The van der Waals surface area contributed by atoms with Gasteiger partial charge in [0.25, 0.3) is 0 Å². The Kier molecular flexibility index (Phi) is 9.00. The maximum atomic E-state index is 13.0. The van der Waals surface area contributed by atoms with Crippen LogP contribution in [0.3, 0.4) is 0 Å². The third kappa shape index (κ3) is 7.06. The number of aliphatic carboxylic acids is 1. The lowest BCUT2D eigenvalue weighted by atomic mass is 9.87. The standard InChI is InChI=1S/C30H34ClNO3S/c1-21-8-9-24(15-22(21)2)16-25(26-5-3-7-28(31)17-26)6-4-14-36(35)29-12-10-23(11-13-29)18-32-19-27(20-32)30(33)34/h3,5,7-13,15,17,25,27H,4,6,14,16,18-20H2,1-2H3,(H,33,34). The lowest BCUT2D eigenvalue weighted by Gasteiger charge is -2.36. The third-order valence-electron chi connectivity index (χ3n) is 7.15. The van der Waals surface area contributed by atoms with Gasteiger partial charge in [-0.05, 0) is 91.1 Å². The van der Waals surface area contributed by atoms with Crippen LogP contribution in [0.5, 0.6) is 0 Å². The quantitative estimate of drug-likeness (QED) is 0.316. The monoisotopic (exact) mass is 523 g/mol. The number of nitrogens with zero attached hydrogens (tertiary/aromatic N) is 1. The molecule has 1 aliphatic rings. The van der Waals surface area contributed by atoms with E-state index in [1.54, 1.807) is 0 Å². The van der Waals surface area contributed by atoms with Crippen LogP contribution in [0.4, 0.5) is 0 Å². The van der Waals surface area contributed by atoms with Gasteiger partial charge in [-0.25, -0.2) is 0 Å². The van der Waals surface area contributed by atoms with Gasteiger partial charge in [-0.15, -0.1) is 0 Å². The van der Waals surface area contributed by atoms with Crippen LogP contribution < -0.4 is 0 Å². The van der Waals surface area contributed by atoms with Crippen LogP contribution in [0.25, 0.3) is 0 Å². The molecule has 190 valence electrons. The summed E-state index contributed by atoms with van der Waals surface area (Å²) in [6.45, 7) is 6.21. The van der Waals surface area contributed by atoms with Crippen LogP contribution in [-0.4, -0.2) is 39.0 Å². The van der Waals surface area contributed by atoms with Crippen molar-refractivity contribution in [3.05, 3.63) is 99.6 Å². The topological polar surface area (TPSA) is 57.6 Å². The van der Waals surface area contributed by atoms with Crippen molar-refractivity contribution in [2.75, 3.05) is 18.8 Å². The summed E-state index contributed by atoms with van der Waals surface area (Å²) in [7, 11) is -1.05. The molecular formula is C30H34ClNO3S. The van der Waals surface area contributed by atoms with Crippen molar-refractivity contribution in [3.8, 4) is 0 Å². The summed E-state index contributed by atoms with van der Waals surface area (Å²) in [6, 6.07) is 22.7. The van der Waals surface area contributed by atoms with E-state index in [9.17, 15) is 9.00 Å². The van der Waals surface area contributed by atoms with E-state index in [1.807, 2.05) is 36.4 Å². The molecule has 0 spiro atoms. The molecule has 1 heterocycles. The number of carbonyl (C=O) groups is 1. The molecule has 4 nitrogen and oxygen atoms in total. The third-order valence-corrected chi connectivity index (χ3v) is 8.85. The smallest absolute Gasteiger partial charge is 0.309 e. The normalized spacial score (nSPS) is 15.9. The van der Waals surface area contributed by atoms with Gasteiger partial charge in [-0.2, -0.15) is 0 Å². The first-order valence-electron chi connectivity index (χ1n) is 12.5. The van der Waals surface area contributed by atoms with Gasteiger partial charge < -0.3 is 5.11 Å². The van der Waals surface area contributed by atoms with Crippen molar-refractivity contribution in [1.82, 2.24) is 4.90 Å². The number of carboxylic acids is 1. The Bertz CT molecular complexity index is 1220. The predicted molar refractivity (Wildman–Crippen MR) is 147 cm³/mol. The highest BCUT2D eigenvalue weighted by molar-refractivity contribution is 7.85. The van der Waals surface area contributed by atoms with E-state index in [-0.39, 0.29) is 5.92 Å². The summed E-state index contributed by atoms with van der Waals surface area (Å²) in [5.41, 5.74) is 6.27. The molecule has 1 saturated heterocycles. The first kappa shape index (κ1) is 26.6. The minimum absolute atomic E-state index is 0.248. The fourth-order valence-corrected chi connectivity index (χ4v) is 6.10. The van der Waals surface area contributed by atoms with Crippen molar-refractivity contribution in [1.29, 1.82) is 0 Å². The van der Waals surface area contributed by atoms with E-state index < -0.39 is 16.8 Å². The molecule has 3 aromatic rings. The predicted octanol–water partition coefficient (Wildman–Crippen LogP) is 6.39. The number of hydrogen-bond donors (Lipinski definition) is 1. The molecule has 1 fully saturated rings. The van der Waals surface area contributed by atoms with Crippen molar-refractivity contribution < 1.29 is 14.1 Å². The number of halogens is 1. The zero-order chi connectivity index (χ0) is 25.7. The second-order valence-electron chi connectivity index (χ2n) is 9.94. The summed E-state index contributed by atoms with van der Waals surface area (Å²) < 4.78 is 13.0. The average molecular weight is 524 g/mol. The number of likely N-dealkylation sites (tertiary alicyclic amines) is 1. The van der Waals surface area contributed by atoms with Crippen molar-refractivity contribution >= 4 is 28.4 Å². The molecule has 36 heavy (non-hydrogen) atoms. The fourth-order valence-electron chi connectivity index (χ4n) is 4.80. The zero-order valence-corrected chi connectivity index (χ0v) is 22.5. The number of hydrogen-bond acceptors (Lipinski definition) is 3. The van der Waals surface area contributed by atoms with Crippen LogP contribution in [0.2, 0.25) is 5.02 Å². The summed E-state index contributed by atoms with van der Waals surface area (Å²) in [5.74, 6) is -0.0297. The largest absolute Gasteiger partial charge is 0.481 e. The van der Waals surface area contributed by atoms with Gasteiger partial charge in [0.2, 0.25) is 0 Å². The van der Waals surface area contributed by atoms with Gasteiger partial charge in [0.1, 0.15) is 0 Å². The van der Waals surface area contributed by atoms with Crippen molar-refractivity contribution in [2.24, 2.45) is 5.92 Å². The Morgan fingerprint density at radius 3 is 2.42 bits per heavy atom. The molecule has 0 amide bonds. The van der Waals surface area contributed by atoms with Crippen LogP contribution in [0.15, 0.2) is 71.6 Å². The lowest BCUT2D eigenvalue weighted by Crippen LogP contribution is -2.49. The van der Waals surface area contributed by atoms with Gasteiger partial charge in [-0.1, -0.05) is 54.1 Å². The maximum absolute atomic E-state index is 13.0. The molecule has 2 unspecified atom stereocenters. The highest BCUT2D eigenvalue weighted by atomic mass is 35.5. The SMILES string of the molecule is Cc1ccc(CC(CCCS(=O)c2ccc(CN3CC(C(=O)O)C3)cc2)c2cccc(Cl)c2)cc1C. The second kappa shape index (κ2) is 12.2. The maximum Gasteiger partial charge on any atom is 0.309 e. The van der Waals surface area contributed by atoms with E-state index in [0.717, 1.165) is 41.3 Å². The number of aryl methyl sites for hydroxylation is 2. The zero-order valence-electron chi connectivity index (χ0n) is 21.0. The molecule has 0 radical (unpaired) electrons. The highest BCUT2D eigenvalue weighted by Crippen LogP contribution is 2.29. The fraction of sp³-hybridized carbons (Fsp3) is 0.367. The molecule has 1 aliphatic heterocycles. The lowest BCUT2D eigenvalue weighted by molar-refractivity contribution is -0.147. The van der Waals surface area contributed by atoms with Crippen LogP contribution in [-0.2, 0) is 28.6 Å². The molecule has 3 aromatic carbocycles. The minimum atomic E-state index is -1.05. The second-order valence-corrected chi connectivity index (χ2v) is 11.9. The molecule has 6 heteroatoms. The Labute approximate surface area is 221 Å². The van der Waals surface area contributed by atoms with E-state index in [0.29, 0.717) is 24.8 Å². The molecule has 0 bridgehead atoms. The highest BCUT2D eigenvalue weighted by Gasteiger charge is 2.32. The molecule has 4 rings (SSSR count). The Morgan fingerprint density at radius 1 is 1.03 bits per heavy atom. The van der Waals surface area contributed by atoms with Gasteiger partial charge >= 0.3 is 5.97 Å². The Hall–Kier alpha value is -2.47. The number of carboxylic acid groups (broad SMARTS) is 1. The summed E-state index contributed by atoms with van der Waals surface area (Å²) in [6.07, 6.45) is 2.74. The van der Waals surface area contributed by atoms with Crippen LogP contribution >= 0.6 is 11.6 Å². The summed E-state index contributed by atoms with van der Waals surface area (Å²) in [4.78, 5) is 13.9. The van der Waals surface area contributed by atoms with E-state index >= 15 is 0 Å². The molecule has 0 aliphatic carbocycles. The van der Waals surface area contributed by atoms with Gasteiger partial charge in [0.05, 0.1) is 16.7 Å².